The van der Waals surface area contributed by atoms with E-state index in [0.717, 1.165) is 24.0 Å². The molecule has 2 aliphatic rings. The SMILES string of the molecule is OC[C@H]1O[C@@H](n2cnc3c(NCC4(O)CCCc5ccccc54)ncnc32)[C@H](O)[C@@H]1O. The topological polar surface area (TPSA) is 146 Å². The van der Waals surface area contributed by atoms with Crippen molar-refractivity contribution in [1.82, 2.24) is 19.5 Å². The van der Waals surface area contributed by atoms with Crippen LogP contribution >= 0.6 is 0 Å². The number of imidazole rings is 1. The molecular weight excluding hydrogens is 402 g/mol. The van der Waals surface area contributed by atoms with Crippen LogP contribution in [-0.2, 0) is 16.8 Å². The van der Waals surface area contributed by atoms with E-state index in [0.29, 0.717) is 23.4 Å². The van der Waals surface area contributed by atoms with Gasteiger partial charge < -0.3 is 30.5 Å². The number of aromatic nitrogens is 4. The van der Waals surface area contributed by atoms with E-state index in [-0.39, 0.29) is 6.54 Å². The van der Waals surface area contributed by atoms with Crippen molar-refractivity contribution >= 4 is 17.0 Å². The Morgan fingerprint density at radius 1 is 1.16 bits per heavy atom. The number of nitrogens with one attached hydrogen (secondary N) is 1. The molecule has 5 N–H and O–H groups in total. The maximum absolute atomic E-state index is 11.3. The van der Waals surface area contributed by atoms with Gasteiger partial charge in [-0.25, -0.2) is 15.0 Å². The first kappa shape index (κ1) is 20.3. The van der Waals surface area contributed by atoms with E-state index in [1.165, 1.54) is 17.2 Å². The van der Waals surface area contributed by atoms with Crippen LogP contribution in [0, 0.1) is 0 Å². The van der Waals surface area contributed by atoms with E-state index in [1.54, 1.807) is 0 Å². The zero-order valence-corrected chi connectivity index (χ0v) is 16.8. The molecule has 3 aromatic rings. The first-order valence-corrected chi connectivity index (χ1v) is 10.4. The summed E-state index contributed by atoms with van der Waals surface area (Å²) in [4.78, 5) is 12.9. The molecule has 1 fully saturated rings. The van der Waals surface area contributed by atoms with Gasteiger partial charge in [0.25, 0.3) is 0 Å². The highest BCUT2D eigenvalue weighted by atomic mass is 16.6. The molecule has 1 unspecified atom stereocenters. The lowest BCUT2D eigenvalue weighted by Crippen LogP contribution is -2.37. The first-order valence-electron chi connectivity index (χ1n) is 10.4. The third-order valence-electron chi connectivity index (χ3n) is 6.25. The van der Waals surface area contributed by atoms with Crippen LogP contribution in [0.4, 0.5) is 5.82 Å². The van der Waals surface area contributed by atoms with E-state index >= 15 is 0 Å². The molecule has 10 heteroatoms. The minimum atomic E-state index is -1.24. The molecule has 0 spiro atoms. The van der Waals surface area contributed by atoms with Crippen molar-refractivity contribution in [3.8, 4) is 0 Å². The number of aliphatic hydroxyl groups excluding tert-OH is 3. The number of rotatable bonds is 5. The molecule has 3 heterocycles. The van der Waals surface area contributed by atoms with Crippen molar-refractivity contribution in [2.45, 2.75) is 49.4 Å². The van der Waals surface area contributed by atoms with Crippen molar-refractivity contribution in [2.24, 2.45) is 0 Å². The van der Waals surface area contributed by atoms with Crippen molar-refractivity contribution in [3.05, 3.63) is 48.0 Å². The fourth-order valence-corrected chi connectivity index (χ4v) is 4.59. The fourth-order valence-electron chi connectivity index (χ4n) is 4.59. The Bertz CT molecular complexity index is 1090. The lowest BCUT2D eigenvalue weighted by molar-refractivity contribution is -0.0511. The number of aryl methyl sites for hydroxylation is 1. The molecule has 164 valence electrons. The second-order valence-electron chi connectivity index (χ2n) is 8.17. The van der Waals surface area contributed by atoms with Gasteiger partial charge in [-0.1, -0.05) is 24.3 Å². The van der Waals surface area contributed by atoms with E-state index in [2.05, 4.69) is 20.3 Å². The average molecular weight is 427 g/mol. The Kier molecular flexibility index (Phi) is 5.11. The Balaban J connectivity index is 1.42. The number of fused-ring (bicyclic) bond motifs is 2. The number of nitrogens with zero attached hydrogens (tertiary/aromatic N) is 4. The highest BCUT2D eigenvalue weighted by Gasteiger charge is 2.44. The number of anilines is 1. The monoisotopic (exact) mass is 427 g/mol. The summed E-state index contributed by atoms with van der Waals surface area (Å²) in [6, 6.07) is 7.92. The minimum Gasteiger partial charge on any atom is -0.394 e. The minimum absolute atomic E-state index is 0.261. The van der Waals surface area contributed by atoms with Crippen molar-refractivity contribution in [1.29, 1.82) is 0 Å². The van der Waals surface area contributed by atoms with Crippen LogP contribution in [0.2, 0.25) is 0 Å². The average Bonchev–Trinajstić information content (AvgIpc) is 3.34. The summed E-state index contributed by atoms with van der Waals surface area (Å²) in [7, 11) is 0. The number of ether oxygens (including phenoxy) is 1. The van der Waals surface area contributed by atoms with Crippen LogP contribution in [0.1, 0.15) is 30.2 Å². The standard InChI is InChI=1S/C21H25N5O5/c27-8-14-16(28)17(29)20(31-14)26-11-25-15-18(23-10-24-19(15)26)22-9-21(30)7-3-5-12-4-1-2-6-13(12)21/h1-2,4,6,10-11,14,16-17,20,27-30H,3,5,7-9H2,(H,22,23,24)/t14-,16-,17-,20-,21?/m1/s1. The number of hydrogen-bond donors (Lipinski definition) is 5. The normalized spacial score (nSPS) is 30.5. The highest BCUT2D eigenvalue weighted by Crippen LogP contribution is 2.36. The number of aliphatic hydroxyl groups is 4. The maximum Gasteiger partial charge on any atom is 0.167 e. The molecule has 1 aliphatic heterocycles. The van der Waals surface area contributed by atoms with Crippen molar-refractivity contribution in [2.75, 3.05) is 18.5 Å². The molecule has 1 aromatic carbocycles. The number of benzene rings is 1. The van der Waals surface area contributed by atoms with E-state index in [4.69, 9.17) is 4.74 Å². The summed E-state index contributed by atoms with van der Waals surface area (Å²) in [6.07, 6.45) is 1.03. The first-order chi connectivity index (χ1) is 15.0. The Labute approximate surface area is 178 Å². The molecular formula is C21H25N5O5. The molecule has 10 nitrogen and oxygen atoms in total. The van der Waals surface area contributed by atoms with Crippen molar-refractivity contribution < 1.29 is 25.2 Å². The quantitative estimate of drug-likeness (QED) is 0.382. The molecule has 1 aliphatic carbocycles. The fraction of sp³-hybridized carbons (Fsp3) is 0.476. The van der Waals surface area contributed by atoms with Gasteiger partial charge >= 0.3 is 0 Å². The molecule has 5 rings (SSSR count). The Morgan fingerprint density at radius 2 is 2.00 bits per heavy atom. The van der Waals surface area contributed by atoms with Gasteiger partial charge in [0.05, 0.1) is 12.9 Å². The molecule has 0 radical (unpaired) electrons. The van der Waals surface area contributed by atoms with E-state index < -0.39 is 36.7 Å². The third kappa shape index (κ3) is 3.36. The van der Waals surface area contributed by atoms with Gasteiger partial charge in [0.2, 0.25) is 0 Å². The van der Waals surface area contributed by atoms with Gasteiger partial charge in [-0.3, -0.25) is 4.57 Å². The summed E-state index contributed by atoms with van der Waals surface area (Å²) in [6.45, 7) is -0.153. The third-order valence-corrected chi connectivity index (χ3v) is 6.25. The van der Waals surface area contributed by atoms with Gasteiger partial charge in [-0.2, -0.15) is 0 Å². The van der Waals surface area contributed by atoms with Crippen LogP contribution in [0.3, 0.4) is 0 Å². The molecule has 5 atom stereocenters. The predicted molar refractivity (Wildman–Crippen MR) is 110 cm³/mol. The van der Waals surface area contributed by atoms with Crippen molar-refractivity contribution in [3.63, 3.8) is 0 Å². The Hall–Kier alpha value is -2.63. The maximum atomic E-state index is 11.3. The van der Waals surface area contributed by atoms with Gasteiger partial charge in [0.15, 0.2) is 23.2 Å². The van der Waals surface area contributed by atoms with Crippen LogP contribution in [0.15, 0.2) is 36.9 Å². The molecule has 31 heavy (non-hydrogen) atoms. The summed E-state index contributed by atoms with van der Waals surface area (Å²) in [5, 5.41) is 44.2. The summed E-state index contributed by atoms with van der Waals surface area (Å²) >= 11 is 0. The zero-order valence-electron chi connectivity index (χ0n) is 16.8. The lowest BCUT2D eigenvalue weighted by atomic mass is 9.79. The zero-order chi connectivity index (χ0) is 21.6. The van der Waals surface area contributed by atoms with Gasteiger partial charge in [0.1, 0.15) is 30.2 Å². The molecule has 0 saturated carbocycles. The highest BCUT2D eigenvalue weighted by molar-refractivity contribution is 5.82. The lowest BCUT2D eigenvalue weighted by Gasteiger charge is -2.34. The summed E-state index contributed by atoms with van der Waals surface area (Å²) in [5.41, 5.74) is 1.92. The van der Waals surface area contributed by atoms with Crippen LogP contribution in [-0.4, -0.2) is 71.4 Å². The summed E-state index contributed by atoms with van der Waals surface area (Å²) < 4.78 is 7.10. The predicted octanol–water partition coefficient (Wildman–Crippen LogP) is 0.0738. The van der Waals surface area contributed by atoms with Crippen LogP contribution < -0.4 is 5.32 Å². The number of hydrogen-bond acceptors (Lipinski definition) is 9. The second kappa shape index (κ2) is 7.81. The summed E-state index contributed by atoms with van der Waals surface area (Å²) in [5.74, 6) is 0.451. The molecule has 0 bridgehead atoms. The molecule has 2 aromatic heterocycles. The van der Waals surface area contributed by atoms with Gasteiger partial charge in [-0.05, 0) is 30.4 Å². The van der Waals surface area contributed by atoms with Gasteiger partial charge in [-0.15, -0.1) is 0 Å². The van der Waals surface area contributed by atoms with Crippen LogP contribution in [0.5, 0.6) is 0 Å². The Morgan fingerprint density at radius 3 is 2.81 bits per heavy atom. The smallest absolute Gasteiger partial charge is 0.167 e. The van der Waals surface area contributed by atoms with E-state index in [1.807, 2.05) is 24.3 Å². The van der Waals surface area contributed by atoms with Crippen LogP contribution in [0.25, 0.3) is 11.2 Å². The van der Waals surface area contributed by atoms with E-state index in [9.17, 15) is 20.4 Å². The molecule has 1 saturated heterocycles. The largest absolute Gasteiger partial charge is 0.394 e. The second-order valence-corrected chi connectivity index (χ2v) is 8.17. The molecule has 0 amide bonds. The van der Waals surface area contributed by atoms with Gasteiger partial charge in [0, 0.05) is 6.54 Å².